The summed E-state index contributed by atoms with van der Waals surface area (Å²) in [5.41, 5.74) is 0. The lowest BCUT2D eigenvalue weighted by Crippen LogP contribution is -2.30. The third-order valence-corrected chi connectivity index (χ3v) is 14.8. The van der Waals surface area contributed by atoms with Crippen LogP contribution in [0.4, 0.5) is 0 Å². The first-order valence-corrected chi connectivity index (χ1v) is 34.4. The highest BCUT2D eigenvalue weighted by Crippen LogP contribution is 2.17. The van der Waals surface area contributed by atoms with Gasteiger partial charge < -0.3 is 14.2 Å². The maximum atomic E-state index is 12.9. The van der Waals surface area contributed by atoms with Crippen LogP contribution < -0.4 is 0 Å². The molecule has 81 heavy (non-hydrogen) atoms. The zero-order chi connectivity index (χ0) is 58.5. The number of ether oxygens (including phenoxy) is 3. The molecule has 0 aromatic rings. The summed E-state index contributed by atoms with van der Waals surface area (Å²) in [4.78, 5) is 38.3. The van der Waals surface area contributed by atoms with E-state index in [0.717, 1.165) is 116 Å². The van der Waals surface area contributed by atoms with E-state index in [2.05, 4.69) is 130 Å². The molecule has 0 saturated heterocycles. The molecule has 0 rings (SSSR count). The van der Waals surface area contributed by atoms with Gasteiger partial charge in [-0.2, -0.15) is 0 Å². The van der Waals surface area contributed by atoms with E-state index in [0.29, 0.717) is 19.3 Å². The first-order chi connectivity index (χ1) is 40.0. The Hall–Kier alpha value is -3.93. The fraction of sp³-hybridized carbons (Fsp3) is 0.720. The van der Waals surface area contributed by atoms with Gasteiger partial charge in [0.15, 0.2) is 6.10 Å². The van der Waals surface area contributed by atoms with Crippen molar-refractivity contribution in [2.45, 2.75) is 335 Å². The third-order valence-electron chi connectivity index (χ3n) is 14.8. The number of esters is 3. The lowest BCUT2D eigenvalue weighted by molar-refractivity contribution is -0.167. The summed E-state index contributed by atoms with van der Waals surface area (Å²) in [6.07, 6.45) is 94.0. The van der Waals surface area contributed by atoms with Crippen molar-refractivity contribution in [3.05, 3.63) is 109 Å². The molecule has 0 N–H and O–H groups in total. The molecule has 1 atom stereocenters. The highest BCUT2D eigenvalue weighted by Gasteiger charge is 2.19. The predicted molar refractivity (Wildman–Crippen MR) is 353 cm³/mol. The molecule has 0 aliphatic carbocycles. The van der Waals surface area contributed by atoms with Gasteiger partial charge in [-0.1, -0.05) is 310 Å². The Bertz CT molecular complexity index is 1620. The Balaban J connectivity index is 4.16. The van der Waals surface area contributed by atoms with Gasteiger partial charge in [0.1, 0.15) is 13.2 Å². The zero-order valence-corrected chi connectivity index (χ0v) is 53.3. The molecule has 464 valence electrons. The van der Waals surface area contributed by atoms with Crippen molar-refractivity contribution in [3.63, 3.8) is 0 Å². The number of carbonyl (C=O) groups excluding carboxylic acids is 3. The topological polar surface area (TPSA) is 78.9 Å². The van der Waals surface area contributed by atoms with Crippen LogP contribution in [0.3, 0.4) is 0 Å². The normalized spacial score (nSPS) is 12.8. The van der Waals surface area contributed by atoms with Gasteiger partial charge in [0.25, 0.3) is 0 Å². The van der Waals surface area contributed by atoms with Crippen molar-refractivity contribution < 1.29 is 28.6 Å². The predicted octanol–water partition coefficient (Wildman–Crippen LogP) is 23.8. The van der Waals surface area contributed by atoms with Crippen LogP contribution in [0.2, 0.25) is 0 Å². The van der Waals surface area contributed by atoms with E-state index < -0.39 is 6.10 Å². The molecular weight excluding hydrogens is 997 g/mol. The summed E-state index contributed by atoms with van der Waals surface area (Å²) in [5, 5.41) is 0. The number of carbonyl (C=O) groups is 3. The number of unbranched alkanes of at least 4 members (excludes halogenated alkanes) is 33. The second-order valence-electron chi connectivity index (χ2n) is 22.7. The summed E-state index contributed by atoms with van der Waals surface area (Å²) in [7, 11) is 0. The molecule has 6 heteroatoms. The summed E-state index contributed by atoms with van der Waals surface area (Å²) >= 11 is 0. The maximum Gasteiger partial charge on any atom is 0.306 e. The molecule has 0 aliphatic rings. The van der Waals surface area contributed by atoms with Gasteiger partial charge in [-0.05, 0) is 109 Å². The summed E-state index contributed by atoms with van der Waals surface area (Å²) < 4.78 is 16.9. The van der Waals surface area contributed by atoms with Crippen molar-refractivity contribution >= 4 is 17.9 Å². The SMILES string of the molecule is CC/C=C\C/C=C\C/C=C\C/C=C\C/C=C\C/C=C\C/C=C\CCCCCCCCCCCCCCCC(=O)OCC(COC(=O)CCCCCCCCCCCCC)OC(=O)CCCCCCCCC/C=C\C/C=C\CCCCC. The molecule has 0 amide bonds. The van der Waals surface area contributed by atoms with Gasteiger partial charge in [0, 0.05) is 19.3 Å². The molecule has 0 spiro atoms. The van der Waals surface area contributed by atoms with Crippen LogP contribution in [-0.2, 0) is 28.6 Å². The Morgan fingerprint density at radius 1 is 0.259 bits per heavy atom. The standard InChI is InChI=1S/C75H128O6/c1-4-7-10-13-16-19-22-24-26-28-29-30-31-32-33-34-35-36-37-38-39-40-41-42-43-44-45-47-48-50-53-56-59-62-65-68-74(77)80-71-72(70-79-73(76)67-64-61-58-55-52-21-18-15-12-9-6-3)81-75(78)69-66-63-60-57-54-51-49-46-27-25-23-20-17-14-11-8-5-2/h7,10,16-17,19-20,24-27,29-30,32-33,35-36,38-39,72H,4-6,8-9,11-15,18,21-23,28,31,34,37,40-71H2,1-3H3/b10-7-,19-16-,20-17-,26-24-,27-25-,30-29-,33-32-,36-35-,39-38-. The van der Waals surface area contributed by atoms with Gasteiger partial charge in [0.2, 0.25) is 0 Å². The first-order valence-electron chi connectivity index (χ1n) is 34.4. The highest BCUT2D eigenvalue weighted by molar-refractivity contribution is 5.71. The van der Waals surface area contributed by atoms with Crippen LogP contribution in [0.1, 0.15) is 329 Å². The molecule has 0 bridgehead atoms. The second kappa shape index (κ2) is 68.6. The molecule has 0 saturated carbocycles. The van der Waals surface area contributed by atoms with E-state index in [1.807, 2.05) is 0 Å². The van der Waals surface area contributed by atoms with Crippen molar-refractivity contribution in [3.8, 4) is 0 Å². The number of rotatable bonds is 62. The number of hydrogen-bond donors (Lipinski definition) is 0. The van der Waals surface area contributed by atoms with E-state index in [4.69, 9.17) is 14.2 Å². The second-order valence-corrected chi connectivity index (χ2v) is 22.7. The molecule has 0 radical (unpaired) electrons. The largest absolute Gasteiger partial charge is 0.462 e. The Labute approximate surface area is 501 Å². The zero-order valence-electron chi connectivity index (χ0n) is 53.3. The van der Waals surface area contributed by atoms with E-state index in [1.165, 1.54) is 173 Å². The van der Waals surface area contributed by atoms with Gasteiger partial charge in [-0.25, -0.2) is 0 Å². The number of hydrogen-bond acceptors (Lipinski definition) is 6. The van der Waals surface area contributed by atoms with Gasteiger partial charge in [0.05, 0.1) is 0 Å². The summed E-state index contributed by atoms with van der Waals surface area (Å²) in [6.45, 7) is 6.51. The Kier molecular flexibility index (Phi) is 65.2. The molecular formula is C75H128O6. The third kappa shape index (κ3) is 66.8. The van der Waals surface area contributed by atoms with E-state index in [9.17, 15) is 14.4 Å². The van der Waals surface area contributed by atoms with Gasteiger partial charge in [-0.3, -0.25) is 14.4 Å². The monoisotopic (exact) mass is 1120 g/mol. The minimum atomic E-state index is -0.781. The van der Waals surface area contributed by atoms with Crippen LogP contribution in [0.5, 0.6) is 0 Å². The molecule has 0 aliphatic heterocycles. The quantitative estimate of drug-likeness (QED) is 0.0261. The highest BCUT2D eigenvalue weighted by atomic mass is 16.6. The van der Waals surface area contributed by atoms with Gasteiger partial charge >= 0.3 is 17.9 Å². The van der Waals surface area contributed by atoms with Crippen LogP contribution in [-0.4, -0.2) is 37.2 Å². The van der Waals surface area contributed by atoms with Gasteiger partial charge in [-0.15, -0.1) is 0 Å². The van der Waals surface area contributed by atoms with Crippen LogP contribution in [0, 0.1) is 0 Å². The molecule has 0 aromatic heterocycles. The lowest BCUT2D eigenvalue weighted by Gasteiger charge is -2.18. The van der Waals surface area contributed by atoms with Crippen molar-refractivity contribution in [1.82, 2.24) is 0 Å². The number of allylic oxidation sites excluding steroid dienone is 18. The first kappa shape index (κ1) is 77.1. The minimum absolute atomic E-state index is 0.0774. The van der Waals surface area contributed by atoms with E-state index in [1.54, 1.807) is 0 Å². The van der Waals surface area contributed by atoms with E-state index >= 15 is 0 Å². The van der Waals surface area contributed by atoms with E-state index in [-0.39, 0.29) is 31.1 Å². The Morgan fingerprint density at radius 3 is 0.778 bits per heavy atom. The Morgan fingerprint density at radius 2 is 0.481 bits per heavy atom. The average molecular weight is 1130 g/mol. The fourth-order valence-electron chi connectivity index (χ4n) is 9.63. The van der Waals surface area contributed by atoms with Crippen LogP contribution in [0.25, 0.3) is 0 Å². The molecule has 0 aromatic carbocycles. The molecule has 6 nitrogen and oxygen atoms in total. The summed E-state index contributed by atoms with van der Waals surface area (Å²) in [5.74, 6) is -0.875. The molecule has 1 unspecified atom stereocenters. The molecule has 0 fully saturated rings. The molecule has 0 heterocycles. The minimum Gasteiger partial charge on any atom is -0.462 e. The smallest absolute Gasteiger partial charge is 0.306 e. The van der Waals surface area contributed by atoms with Crippen molar-refractivity contribution in [2.75, 3.05) is 13.2 Å². The maximum absolute atomic E-state index is 12.9. The van der Waals surface area contributed by atoms with Crippen LogP contribution in [0.15, 0.2) is 109 Å². The lowest BCUT2D eigenvalue weighted by atomic mass is 10.0. The van der Waals surface area contributed by atoms with Crippen LogP contribution >= 0.6 is 0 Å². The fourth-order valence-corrected chi connectivity index (χ4v) is 9.63. The summed E-state index contributed by atoms with van der Waals surface area (Å²) in [6, 6.07) is 0. The van der Waals surface area contributed by atoms with Crippen molar-refractivity contribution in [2.24, 2.45) is 0 Å². The van der Waals surface area contributed by atoms with Crippen molar-refractivity contribution in [1.29, 1.82) is 0 Å². The average Bonchev–Trinajstić information content (AvgIpc) is 3.47.